The van der Waals surface area contributed by atoms with Gasteiger partial charge in [-0.2, -0.15) is 13.2 Å². The summed E-state index contributed by atoms with van der Waals surface area (Å²) in [5, 5.41) is 3.12. The van der Waals surface area contributed by atoms with E-state index in [1.54, 1.807) is 6.92 Å². The van der Waals surface area contributed by atoms with E-state index in [0.717, 1.165) is 13.0 Å². The van der Waals surface area contributed by atoms with E-state index in [4.69, 9.17) is 0 Å². The highest BCUT2D eigenvalue weighted by atomic mass is 19.4. The van der Waals surface area contributed by atoms with E-state index in [2.05, 4.69) is 15.3 Å². The Morgan fingerprint density at radius 1 is 1.44 bits per heavy atom. The molecule has 0 saturated carbocycles. The smallest absolute Gasteiger partial charge is 0.345 e. The van der Waals surface area contributed by atoms with Crippen LogP contribution in [0.25, 0.3) is 0 Å². The quantitative estimate of drug-likeness (QED) is 0.821. The van der Waals surface area contributed by atoms with Crippen LogP contribution in [-0.2, 0) is 12.6 Å². The number of nitrogens with one attached hydrogen (secondary N) is 2. The zero-order valence-electron chi connectivity index (χ0n) is 8.99. The molecule has 1 unspecified atom stereocenters. The molecule has 0 aromatic carbocycles. The third-order valence-corrected chi connectivity index (χ3v) is 2.87. The van der Waals surface area contributed by atoms with E-state index < -0.39 is 11.9 Å². The van der Waals surface area contributed by atoms with Crippen LogP contribution in [0.3, 0.4) is 0 Å². The van der Waals surface area contributed by atoms with E-state index in [0.29, 0.717) is 18.8 Å². The van der Waals surface area contributed by atoms with Crippen molar-refractivity contribution in [2.45, 2.75) is 31.9 Å². The summed E-state index contributed by atoms with van der Waals surface area (Å²) in [7, 11) is 0. The van der Waals surface area contributed by atoms with Crippen LogP contribution in [0.2, 0.25) is 0 Å². The number of alkyl halides is 3. The van der Waals surface area contributed by atoms with Crippen molar-refractivity contribution in [1.29, 1.82) is 0 Å². The van der Waals surface area contributed by atoms with Crippen molar-refractivity contribution >= 4 is 0 Å². The fourth-order valence-corrected chi connectivity index (χ4v) is 2.00. The summed E-state index contributed by atoms with van der Waals surface area (Å²) in [5.41, 5.74) is -0.564. The highest BCUT2D eigenvalue weighted by molar-refractivity contribution is 5.20. The van der Waals surface area contributed by atoms with Crippen LogP contribution in [0.5, 0.6) is 0 Å². The summed E-state index contributed by atoms with van der Waals surface area (Å²) < 4.78 is 37.9. The normalized spacial score (nSPS) is 21.6. The Kier molecular flexibility index (Phi) is 2.92. The lowest BCUT2D eigenvalue weighted by Gasteiger charge is -2.04. The second kappa shape index (κ2) is 4.08. The SMILES string of the molecule is CCc1[nH]c(C2CCNC2)nc1C(F)(F)F. The largest absolute Gasteiger partial charge is 0.435 e. The first-order valence-corrected chi connectivity index (χ1v) is 5.39. The number of hydrogen-bond acceptors (Lipinski definition) is 2. The number of H-pyrrole nitrogens is 1. The minimum atomic E-state index is -4.36. The molecule has 1 fully saturated rings. The standard InChI is InChI=1S/C10H14F3N3/c1-2-7-8(10(11,12)13)16-9(15-7)6-3-4-14-5-6/h6,14H,2-5H2,1H3,(H,15,16). The van der Waals surface area contributed by atoms with Gasteiger partial charge in [-0.1, -0.05) is 6.92 Å². The lowest BCUT2D eigenvalue weighted by Crippen LogP contribution is -2.10. The van der Waals surface area contributed by atoms with Gasteiger partial charge in [0.1, 0.15) is 5.82 Å². The highest BCUT2D eigenvalue weighted by Gasteiger charge is 2.37. The fourth-order valence-electron chi connectivity index (χ4n) is 2.00. The van der Waals surface area contributed by atoms with Gasteiger partial charge in [0.05, 0.1) is 0 Å². The van der Waals surface area contributed by atoms with Crippen LogP contribution in [0.4, 0.5) is 13.2 Å². The van der Waals surface area contributed by atoms with Crippen molar-refractivity contribution in [2.75, 3.05) is 13.1 Å². The summed E-state index contributed by atoms with van der Waals surface area (Å²) in [4.78, 5) is 6.52. The molecule has 0 spiro atoms. The third kappa shape index (κ3) is 2.07. The van der Waals surface area contributed by atoms with E-state index in [1.807, 2.05) is 0 Å². The molecule has 16 heavy (non-hydrogen) atoms. The van der Waals surface area contributed by atoms with Gasteiger partial charge in [0.25, 0.3) is 0 Å². The van der Waals surface area contributed by atoms with Crippen molar-refractivity contribution in [1.82, 2.24) is 15.3 Å². The Hall–Kier alpha value is -1.04. The Balaban J connectivity index is 2.31. The van der Waals surface area contributed by atoms with Gasteiger partial charge in [-0.3, -0.25) is 0 Å². The second-order valence-corrected chi connectivity index (χ2v) is 3.99. The van der Waals surface area contributed by atoms with E-state index in [9.17, 15) is 13.2 Å². The van der Waals surface area contributed by atoms with Crippen LogP contribution in [-0.4, -0.2) is 23.1 Å². The van der Waals surface area contributed by atoms with Gasteiger partial charge in [0, 0.05) is 18.2 Å². The Morgan fingerprint density at radius 2 is 2.19 bits per heavy atom. The monoisotopic (exact) mass is 233 g/mol. The molecule has 1 aromatic heterocycles. The lowest BCUT2D eigenvalue weighted by atomic mass is 10.1. The first-order chi connectivity index (χ1) is 7.52. The first-order valence-electron chi connectivity index (χ1n) is 5.39. The molecule has 1 atom stereocenters. The molecule has 1 aliphatic heterocycles. The molecule has 90 valence electrons. The maximum absolute atomic E-state index is 12.6. The van der Waals surface area contributed by atoms with E-state index >= 15 is 0 Å². The molecule has 0 bridgehead atoms. The Labute approximate surface area is 91.5 Å². The summed E-state index contributed by atoms with van der Waals surface area (Å²) in [6, 6.07) is 0. The minimum absolute atomic E-state index is 0.0846. The van der Waals surface area contributed by atoms with Crippen molar-refractivity contribution in [3.05, 3.63) is 17.2 Å². The number of imidazole rings is 1. The lowest BCUT2D eigenvalue weighted by molar-refractivity contribution is -0.141. The topological polar surface area (TPSA) is 40.7 Å². The number of rotatable bonds is 2. The maximum atomic E-state index is 12.6. The van der Waals surface area contributed by atoms with Gasteiger partial charge in [0.2, 0.25) is 0 Å². The molecule has 6 heteroatoms. The van der Waals surface area contributed by atoms with Gasteiger partial charge >= 0.3 is 6.18 Å². The second-order valence-electron chi connectivity index (χ2n) is 3.99. The number of nitrogens with zero attached hydrogens (tertiary/aromatic N) is 1. The van der Waals surface area contributed by atoms with Crippen LogP contribution in [0.15, 0.2) is 0 Å². The molecular weight excluding hydrogens is 219 g/mol. The van der Waals surface area contributed by atoms with E-state index in [1.165, 1.54) is 0 Å². The van der Waals surface area contributed by atoms with Crippen molar-refractivity contribution in [3.63, 3.8) is 0 Å². The molecule has 1 saturated heterocycles. The van der Waals surface area contributed by atoms with Gasteiger partial charge in [-0.25, -0.2) is 4.98 Å². The molecule has 0 amide bonds. The molecule has 3 nitrogen and oxygen atoms in total. The summed E-state index contributed by atoms with van der Waals surface area (Å²) >= 11 is 0. The number of aryl methyl sites for hydroxylation is 1. The van der Waals surface area contributed by atoms with Gasteiger partial charge in [-0.15, -0.1) is 0 Å². The summed E-state index contributed by atoms with van der Waals surface area (Å²) in [6.07, 6.45) is -3.19. The number of aromatic nitrogens is 2. The van der Waals surface area contributed by atoms with Gasteiger partial charge in [-0.05, 0) is 19.4 Å². The zero-order chi connectivity index (χ0) is 11.8. The number of aromatic amines is 1. The maximum Gasteiger partial charge on any atom is 0.435 e. The average molecular weight is 233 g/mol. The molecule has 1 aliphatic rings. The summed E-state index contributed by atoms with van der Waals surface area (Å²) in [6.45, 7) is 3.24. The van der Waals surface area contributed by atoms with Crippen LogP contribution >= 0.6 is 0 Å². The summed E-state index contributed by atoms with van der Waals surface area (Å²) in [5.74, 6) is 0.551. The van der Waals surface area contributed by atoms with Crippen molar-refractivity contribution in [2.24, 2.45) is 0 Å². The van der Waals surface area contributed by atoms with Crippen LogP contribution < -0.4 is 5.32 Å². The zero-order valence-corrected chi connectivity index (χ0v) is 8.99. The van der Waals surface area contributed by atoms with Gasteiger partial charge < -0.3 is 10.3 Å². The molecule has 1 aromatic rings. The number of hydrogen-bond donors (Lipinski definition) is 2. The molecular formula is C10H14F3N3. The fraction of sp³-hybridized carbons (Fsp3) is 0.700. The minimum Gasteiger partial charge on any atom is -0.345 e. The molecule has 2 N–H and O–H groups in total. The highest BCUT2D eigenvalue weighted by Crippen LogP contribution is 2.32. The number of halogens is 3. The van der Waals surface area contributed by atoms with Crippen LogP contribution in [0, 0.1) is 0 Å². The van der Waals surface area contributed by atoms with Gasteiger partial charge in [0.15, 0.2) is 5.69 Å². The molecule has 2 heterocycles. The van der Waals surface area contributed by atoms with Crippen LogP contribution in [0.1, 0.15) is 36.5 Å². The molecule has 2 rings (SSSR count). The average Bonchev–Trinajstić information content (AvgIpc) is 2.85. The Bertz CT molecular complexity index is 364. The van der Waals surface area contributed by atoms with E-state index in [-0.39, 0.29) is 11.6 Å². The predicted molar refractivity (Wildman–Crippen MR) is 53.2 cm³/mol. The Morgan fingerprint density at radius 3 is 2.62 bits per heavy atom. The van der Waals surface area contributed by atoms with Crippen molar-refractivity contribution in [3.8, 4) is 0 Å². The third-order valence-electron chi connectivity index (χ3n) is 2.87. The predicted octanol–water partition coefficient (Wildman–Crippen LogP) is 2.07. The van der Waals surface area contributed by atoms with Crippen molar-refractivity contribution < 1.29 is 13.2 Å². The molecule has 0 radical (unpaired) electrons. The first kappa shape index (κ1) is 11.4. The molecule has 0 aliphatic carbocycles.